The van der Waals surface area contributed by atoms with Gasteiger partial charge in [-0.25, -0.2) is 0 Å². The number of nitrogens with one attached hydrogen (secondary N) is 1. The molecule has 2 N–H and O–H groups in total. The highest BCUT2D eigenvalue weighted by molar-refractivity contribution is 5.83. The monoisotopic (exact) mass is 387 g/mol. The minimum Gasteiger partial charge on any atom is -0.389 e. The van der Waals surface area contributed by atoms with Crippen LogP contribution in [-0.2, 0) is 4.79 Å². The third-order valence-electron chi connectivity index (χ3n) is 11.5. The Morgan fingerprint density at radius 3 is 2.39 bits per heavy atom. The van der Waals surface area contributed by atoms with E-state index in [0.717, 1.165) is 25.2 Å². The Labute approximate surface area is 171 Å². The lowest BCUT2D eigenvalue weighted by Gasteiger charge is -2.65. The number of ketones is 1. The topological polar surface area (TPSA) is 49.3 Å². The third kappa shape index (κ3) is 2.02. The molecule has 5 saturated carbocycles. The first-order valence-corrected chi connectivity index (χ1v) is 12.0. The summed E-state index contributed by atoms with van der Waals surface area (Å²) in [4.78, 5) is 13.0. The van der Waals surface area contributed by atoms with E-state index in [1.54, 1.807) is 0 Å². The van der Waals surface area contributed by atoms with Crippen molar-refractivity contribution in [2.24, 2.45) is 39.4 Å². The predicted molar refractivity (Wildman–Crippen MR) is 112 cm³/mol. The summed E-state index contributed by atoms with van der Waals surface area (Å²) in [6.07, 6.45) is 10.9. The van der Waals surface area contributed by atoms with Gasteiger partial charge < -0.3 is 10.4 Å². The van der Waals surface area contributed by atoms with Crippen LogP contribution >= 0.6 is 0 Å². The minimum absolute atomic E-state index is 0.0848. The average molecular weight is 388 g/mol. The van der Waals surface area contributed by atoms with Gasteiger partial charge in [-0.3, -0.25) is 4.79 Å². The maximum atomic E-state index is 13.0. The van der Waals surface area contributed by atoms with E-state index in [-0.39, 0.29) is 11.3 Å². The van der Waals surface area contributed by atoms with E-state index >= 15 is 0 Å². The van der Waals surface area contributed by atoms with Crippen molar-refractivity contribution in [1.82, 2.24) is 5.32 Å². The fourth-order valence-corrected chi connectivity index (χ4v) is 9.98. The van der Waals surface area contributed by atoms with Crippen molar-refractivity contribution in [3.8, 4) is 0 Å². The van der Waals surface area contributed by atoms with Crippen LogP contribution in [0.1, 0.15) is 91.9 Å². The summed E-state index contributed by atoms with van der Waals surface area (Å²) in [6.45, 7) is 9.42. The van der Waals surface area contributed by atoms with Crippen molar-refractivity contribution in [3.05, 3.63) is 0 Å². The second-order valence-electron chi connectivity index (χ2n) is 12.3. The molecule has 3 nitrogen and oxygen atoms in total. The SMILES string of the molecule is CC[C@H]1C[C@@]2(O)CC[C@@]34C[C@]35CC[C@H](NC)C(C)(C)[C@@H]5CC[C@H]4[C@]2(C)CC1=O. The normalized spacial score (nSPS) is 56.9. The minimum atomic E-state index is -0.619. The summed E-state index contributed by atoms with van der Waals surface area (Å²) >= 11 is 0. The van der Waals surface area contributed by atoms with Gasteiger partial charge in [0.1, 0.15) is 5.78 Å². The molecule has 0 amide bonds. The fourth-order valence-electron chi connectivity index (χ4n) is 9.98. The molecule has 2 spiro atoms. The van der Waals surface area contributed by atoms with Crippen molar-refractivity contribution in [2.75, 3.05) is 7.05 Å². The largest absolute Gasteiger partial charge is 0.389 e. The van der Waals surface area contributed by atoms with Crippen LogP contribution in [0.5, 0.6) is 0 Å². The fraction of sp³-hybridized carbons (Fsp3) is 0.960. The molecule has 8 atom stereocenters. The van der Waals surface area contributed by atoms with Crippen LogP contribution in [-0.4, -0.2) is 29.6 Å². The molecule has 0 heterocycles. The Balaban J connectivity index is 1.52. The van der Waals surface area contributed by atoms with E-state index in [1.807, 2.05) is 0 Å². The molecule has 0 aromatic heterocycles. The van der Waals surface area contributed by atoms with Gasteiger partial charge in [-0.05, 0) is 92.9 Å². The van der Waals surface area contributed by atoms with Crippen LogP contribution < -0.4 is 5.32 Å². The highest BCUT2D eigenvalue weighted by Gasteiger charge is 2.82. The molecule has 158 valence electrons. The molecular formula is C25H41NO2. The number of Topliss-reactive ketones (excluding diaryl/α,β-unsaturated/α-hetero) is 1. The molecule has 0 unspecified atom stereocenters. The maximum Gasteiger partial charge on any atom is 0.136 e. The zero-order valence-electron chi connectivity index (χ0n) is 18.7. The summed E-state index contributed by atoms with van der Waals surface area (Å²) in [5.41, 5.74) is 0.415. The molecule has 0 saturated heterocycles. The first-order chi connectivity index (χ1) is 13.1. The third-order valence-corrected chi connectivity index (χ3v) is 11.5. The van der Waals surface area contributed by atoms with Crippen molar-refractivity contribution in [1.29, 1.82) is 0 Å². The molecule has 0 radical (unpaired) electrons. The van der Waals surface area contributed by atoms with E-state index in [1.165, 1.54) is 38.5 Å². The lowest BCUT2D eigenvalue weighted by atomic mass is 9.41. The van der Waals surface area contributed by atoms with Gasteiger partial charge in [-0.15, -0.1) is 0 Å². The van der Waals surface area contributed by atoms with Crippen LogP contribution in [0.25, 0.3) is 0 Å². The molecule has 28 heavy (non-hydrogen) atoms. The Bertz CT molecular complexity index is 703. The van der Waals surface area contributed by atoms with Gasteiger partial charge in [-0.2, -0.15) is 0 Å². The molecule has 0 aliphatic heterocycles. The van der Waals surface area contributed by atoms with Crippen LogP contribution in [0, 0.1) is 39.4 Å². The number of hydrogen-bond donors (Lipinski definition) is 2. The van der Waals surface area contributed by atoms with Crippen molar-refractivity contribution >= 4 is 5.78 Å². The van der Waals surface area contributed by atoms with Gasteiger partial charge in [0.2, 0.25) is 0 Å². The highest BCUT2D eigenvalue weighted by Crippen LogP contribution is 2.87. The second kappa shape index (κ2) is 5.63. The number of hydrogen-bond acceptors (Lipinski definition) is 3. The molecule has 3 heteroatoms. The van der Waals surface area contributed by atoms with Gasteiger partial charge in [0, 0.05) is 23.8 Å². The number of carbonyl (C=O) groups is 1. The van der Waals surface area contributed by atoms with Crippen LogP contribution in [0.3, 0.4) is 0 Å². The summed E-state index contributed by atoms with van der Waals surface area (Å²) in [5, 5.41) is 15.5. The first kappa shape index (κ1) is 19.5. The maximum absolute atomic E-state index is 13.0. The number of aliphatic hydroxyl groups is 1. The van der Waals surface area contributed by atoms with Gasteiger partial charge in [0.15, 0.2) is 0 Å². The van der Waals surface area contributed by atoms with E-state index in [2.05, 4.69) is 40.1 Å². The smallest absolute Gasteiger partial charge is 0.136 e. The van der Waals surface area contributed by atoms with E-state index in [0.29, 0.717) is 40.4 Å². The van der Waals surface area contributed by atoms with Gasteiger partial charge >= 0.3 is 0 Å². The van der Waals surface area contributed by atoms with E-state index in [9.17, 15) is 9.90 Å². The standard InChI is InChI=1S/C25H41NO2/c1-6-16-13-25(28)12-11-24-15-23(24)10-9-20(26-5)21(2,3)18(23)7-8-19(24)22(25,4)14-17(16)27/h16,18-20,26,28H,6-15H2,1-5H3/t16-,18-,19-,20-,22-,23-,24-,25-/m0/s1. The lowest BCUT2D eigenvalue weighted by molar-refractivity contribution is -0.215. The number of carbonyl (C=O) groups excluding carboxylic acids is 1. The Hall–Kier alpha value is -0.410. The average Bonchev–Trinajstić information content (AvgIpc) is 3.30. The lowest BCUT2D eigenvalue weighted by Crippen LogP contribution is -2.65. The molecule has 5 rings (SSSR count). The molecular weight excluding hydrogens is 346 g/mol. The first-order valence-electron chi connectivity index (χ1n) is 12.0. The van der Waals surface area contributed by atoms with Gasteiger partial charge in [0.05, 0.1) is 5.60 Å². The zero-order valence-corrected chi connectivity index (χ0v) is 18.7. The zero-order chi connectivity index (χ0) is 20.2. The van der Waals surface area contributed by atoms with Crippen molar-refractivity contribution in [3.63, 3.8) is 0 Å². The number of fused-ring (bicyclic) bond motifs is 2. The summed E-state index contributed by atoms with van der Waals surface area (Å²) < 4.78 is 0. The molecule has 5 aliphatic rings. The van der Waals surface area contributed by atoms with Crippen molar-refractivity contribution < 1.29 is 9.90 Å². The van der Waals surface area contributed by atoms with E-state index < -0.39 is 5.60 Å². The molecule has 5 aliphatic carbocycles. The quantitative estimate of drug-likeness (QED) is 0.721. The molecule has 5 fully saturated rings. The second-order valence-corrected chi connectivity index (χ2v) is 12.3. The van der Waals surface area contributed by atoms with E-state index in [4.69, 9.17) is 0 Å². The van der Waals surface area contributed by atoms with Gasteiger partial charge in [-0.1, -0.05) is 27.7 Å². The Morgan fingerprint density at radius 2 is 1.71 bits per heavy atom. The number of rotatable bonds is 2. The Kier molecular flexibility index (Phi) is 3.93. The van der Waals surface area contributed by atoms with Crippen LogP contribution in [0.15, 0.2) is 0 Å². The summed E-state index contributed by atoms with van der Waals surface area (Å²) in [6, 6.07) is 0.620. The molecule has 0 aromatic carbocycles. The summed E-state index contributed by atoms with van der Waals surface area (Å²) in [7, 11) is 2.14. The Morgan fingerprint density at radius 1 is 1.04 bits per heavy atom. The van der Waals surface area contributed by atoms with Crippen molar-refractivity contribution in [2.45, 2.75) is 104 Å². The van der Waals surface area contributed by atoms with Crippen LogP contribution in [0.4, 0.5) is 0 Å². The predicted octanol–water partition coefficient (Wildman–Crippen LogP) is 4.72. The highest BCUT2D eigenvalue weighted by atomic mass is 16.3. The molecule has 0 bridgehead atoms. The summed E-state index contributed by atoms with van der Waals surface area (Å²) in [5.74, 6) is 1.85. The molecule has 0 aromatic rings. The van der Waals surface area contributed by atoms with Gasteiger partial charge in [0.25, 0.3) is 0 Å². The van der Waals surface area contributed by atoms with Crippen LogP contribution in [0.2, 0.25) is 0 Å².